The molecule has 0 bridgehead atoms. The second-order valence-electron chi connectivity index (χ2n) is 11.8. The molecule has 0 saturated carbocycles. The van der Waals surface area contributed by atoms with Crippen LogP contribution < -0.4 is 10.2 Å². The van der Waals surface area contributed by atoms with Gasteiger partial charge in [0.2, 0.25) is 0 Å². The van der Waals surface area contributed by atoms with E-state index >= 15 is 0 Å². The predicted octanol–water partition coefficient (Wildman–Crippen LogP) is 6.29. The number of thioether (sulfide) groups is 1. The zero-order valence-corrected chi connectivity index (χ0v) is 25.4. The van der Waals surface area contributed by atoms with E-state index in [9.17, 15) is 4.79 Å². The third-order valence-electron chi connectivity index (χ3n) is 6.89. The van der Waals surface area contributed by atoms with Crippen LogP contribution in [0.2, 0.25) is 0 Å². The first-order valence-electron chi connectivity index (χ1n) is 14.3. The Balaban J connectivity index is 1.36. The second kappa shape index (κ2) is 14.0. The van der Waals surface area contributed by atoms with Crippen molar-refractivity contribution in [3.8, 4) is 0 Å². The Labute approximate surface area is 244 Å². The Morgan fingerprint density at radius 1 is 1.00 bits per heavy atom. The van der Waals surface area contributed by atoms with Crippen LogP contribution >= 0.6 is 11.8 Å². The van der Waals surface area contributed by atoms with E-state index in [4.69, 9.17) is 9.97 Å². The number of nitrogens with one attached hydrogen (secondary N) is 1. The van der Waals surface area contributed by atoms with E-state index in [2.05, 4.69) is 92.2 Å². The smallest absolute Gasteiger partial charge is 0.251 e. The molecule has 1 amide bonds. The SMILES string of the molecule is CC(C)CNC(=O)c1ccc(CSc2nc(N3CCN(C/C=C/c4ccccc4)CC3)cc(C(C)(C)C)n2)cc1. The average Bonchev–Trinajstić information content (AvgIpc) is 2.95. The molecule has 3 aromatic rings. The Morgan fingerprint density at radius 3 is 2.35 bits per heavy atom. The van der Waals surface area contributed by atoms with E-state index in [-0.39, 0.29) is 11.3 Å². The van der Waals surface area contributed by atoms with Gasteiger partial charge in [-0.2, -0.15) is 0 Å². The van der Waals surface area contributed by atoms with Crippen molar-refractivity contribution >= 4 is 29.6 Å². The average molecular weight is 558 g/mol. The van der Waals surface area contributed by atoms with Gasteiger partial charge in [0.15, 0.2) is 5.16 Å². The van der Waals surface area contributed by atoms with Gasteiger partial charge in [-0.25, -0.2) is 9.97 Å². The zero-order valence-electron chi connectivity index (χ0n) is 24.6. The number of piperazine rings is 1. The Kier molecular flexibility index (Phi) is 10.4. The summed E-state index contributed by atoms with van der Waals surface area (Å²) in [7, 11) is 0. The summed E-state index contributed by atoms with van der Waals surface area (Å²) < 4.78 is 0. The molecule has 1 saturated heterocycles. The summed E-state index contributed by atoms with van der Waals surface area (Å²) in [6.07, 6.45) is 4.46. The van der Waals surface area contributed by atoms with Crippen molar-refractivity contribution in [3.63, 3.8) is 0 Å². The van der Waals surface area contributed by atoms with Gasteiger partial charge < -0.3 is 10.2 Å². The minimum absolute atomic E-state index is 0.0222. The third kappa shape index (κ3) is 8.93. The predicted molar refractivity (Wildman–Crippen MR) is 168 cm³/mol. The molecule has 7 heteroatoms. The van der Waals surface area contributed by atoms with Crippen LogP contribution in [0.1, 0.15) is 61.8 Å². The maximum atomic E-state index is 12.3. The molecule has 1 fully saturated rings. The Morgan fingerprint density at radius 2 is 1.70 bits per heavy atom. The molecule has 0 radical (unpaired) electrons. The molecular weight excluding hydrogens is 514 g/mol. The number of benzene rings is 2. The van der Waals surface area contributed by atoms with Crippen molar-refractivity contribution < 1.29 is 4.79 Å². The molecule has 4 rings (SSSR count). The molecule has 0 unspecified atom stereocenters. The van der Waals surface area contributed by atoms with Crippen molar-refractivity contribution in [1.82, 2.24) is 20.2 Å². The van der Waals surface area contributed by atoms with Crippen LogP contribution in [-0.4, -0.2) is 60.0 Å². The lowest BCUT2D eigenvalue weighted by Crippen LogP contribution is -2.46. The molecule has 6 nitrogen and oxygen atoms in total. The summed E-state index contributed by atoms with van der Waals surface area (Å²) in [4.78, 5) is 27.1. The molecule has 0 spiro atoms. The molecule has 0 atom stereocenters. The van der Waals surface area contributed by atoms with Gasteiger partial charge in [0.1, 0.15) is 5.82 Å². The number of carbonyl (C=O) groups is 1. The first kappa shape index (κ1) is 29.8. The Bertz CT molecular complexity index is 1260. The number of carbonyl (C=O) groups excluding carboxylic acids is 1. The number of anilines is 1. The molecule has 1 aromatic heterocycles. The lowest BCUT2D eigenvalue weighted by atomic mass is 9.92. The molecule has 2 aromatic carbocycles. The van der Waals surface area contributed by atoms with Crippen LogP contribution in [0.25, 0.3) is 6.08 Å². The van der Waals surface area contributed by atoms with Crippen LogP contribution in [0, 0.1) is 5.92 Å². The summed E-state index contributed by atoms with van der Waals surface area (Å²) in [6.45, 7) is 16.3. The van der Waals surface area contributed by atoms with Crippen LogP contribution in [0.3, 0.4) is 0 Å². The summed E-state index contributed by atoms with van der Waals surface area (Å²) in [5.74, 6) is 2.17. The molecule has 212 valence electrons. The number of nitrogens with zero attached hydrogens (tertiary/aromatic N) is 4. The maximum absolute atomic E-state index is 12.3. The highest BCUT2D eigenvalue weighted by molar-refractivity contribution is 7.98. The van der Waals surface area contributed by atoms with Crippen LogP contribution in [-0.2, 0) is 11.2 Å². The van der Waals surface area contributed by atoms with E-state index in [0.717, 1.165) is 60.7 Å². The topological polar surface area (TPSA) is 61.4 Å². The molecule has 1 aliphatic rings. The molecule has 1 N–H and O–H groups in total. The first-order valence-corrected chi connectivity index (χ1v) is 15.2. The number of hydrogen-bond acceptors (Lipinski definition) is 6. The number of amides is 1. The second-order valence-corrected chi connectivity index (χ2v) is 12.8. The lowest BCUT2D eigenvalue weighted by Gasteiger charge is -2.35. The van der Waals surface area contributed by atoms with Crippen LogP contribution in [0.15, 0.2) is 71.9 Å². The minimum Gasteiger partial charge on any atom is -0.354 e. The quantitative estimate of drug-likeness (QED) is 0.234. The highest BCUT2D eigenvalue weighted by Crippen LogP contribution is 2.29. The van der Waals surface area contributed by atoms with Gasteiger partial charge in [-0.05, 0) is 29.2 Å². The van der Waals surface area contributed by atoms with Gasteiger partial charge in [0, 0.05) is 62.1 Å². The van der Waals surface area contributed by atoms with Gasteiger partial charge in [0.05, 0.1) is 5.69 Å². The summed E-state index contributed by atoms with van der Waals surface area (Å²) >= 11 is 1.65. The Hall–Kier alpha value is -3.16. The standard InChI is InChI=1S/C33H43N5OS/c1-25(2)23-34-31(39)28-15-13-27(14-16-28)24-40-32-35-29(33(3,4)5)22-30(36-32)38-20-18-37(19-21-38)17-9-12-26-10-7-6-8-11-26/h6-16,22,25H,17-21,23-24H2,1-5H3,(H,34,39)/b12-9+. The fourth-order valence-corrected chi connectivity index (χ4v) is 5.19. The van der Waals surface area contributed by atoms with E-state index in [0.29, 0.717) is 18.0 Å². The van der Waals surface area contributed by atoms with Gasteiger partial charge in [-0.15, -0.1) is 0 Å². The van der Waals surface area contributed by atoms with Crippen molar-refractivity contribution in [1.29, 1.82) is 0 Å². The zero-order chi connectivity index (χ0) is 28.5. The van der Waals surface area contributed by atoms with Crippen LogP contribution in [0.5, 0.6) is 0 Å². The van der Waals surface area contributed by atoms with E-state index in [1.54, 1.807) is 11.8 Å². The van der Waals surface area contributed by atoms with Crippen molar-refractivity contribution in [3.05, 3.63) is 89.1 Å². The summed E-state index contributed by atoms with van der Waals surface area (Å²) in [6, 6.07) is 20.5. The maximum Gasteiger partial charge on any atom is 0.251 e. The monoisotopic (exact) mass is 557 g/mol. The summed E-state index contributed by atoms with van der Waals surface area (Å²) in [5.41, 5.74) is 4.07. The fourth-order valence-electron chi connectivity index (χ4n) is 4.38. The largest absolute Gasteiger partial charge is 0.354 e. The van der Waals surface area contributed by atoms with E-state index < -0.39 is 0 Å². The normalized spacial score (nSPS) is 14.7. The number of aromatic nitrogens is 2. The van der Waals surface area contributed by atoms with Gasteiger partial charge >= 0.3 is 0 Å². The van der Waals surface area contributed by atoms with Gasteiger partial charge in [0.25, 0.3) is 5.91 Å². The van der Waals surface area contributed by atoms with Crippen molar-refractivity contribution in [2.75, 3.05) is 44.2 Å². The van der Waals surface area contributed by atoms with Gasteiger partial charge in [-0.1, -0.05) is 101 Å². The highest BCUT2D eigenvalue weighted by atomic mass is 32.2. The molecule has 2 heterocycles. The highest BCUT2D eigenvalue weighted by Gasteiger charge is 2.23. The van der Waals surface area contributed by atoms with Crippen molar-refractivity contribution in [2.45, 2.75) is 50.9 Å². The molecule has 1 aliphatic heterocycles. The minimum atomic E-state index is -0.0674. The van der Waals surface area contributed by atoms with Crippen LogP contribution in [0.4, 0.5) is 5.82 Å². The van der Waals surface area contributed by atoms with E-state index in [1.807, 2.05) is 30.3 Å². The number of hydrogen-bond donors (Lipinski definition) is 1. The third-order valence-corrected chi connectivity index (χ3v) is 7.80. The van der Waals surface area contributed by atoms with E-state index in [1.165, 1.54) is 5.56 Å². The fraction of sp³-hybridized carbons (Fsp3) is 0.424. The van der Waals surface area contributed by atoms with Crippen molar-refractivity contribution in [2.24, 2.45) is 5.92 Å². The molecule has 0 aliphatic carbocycles. The van der Waals surface area contributed by atoms with Gasteiger partial charge in [-0.3, -0.25) is 9.69 Å². The molecule has 40 heavy (non-hydrogen) atoms. The molecular formula is C33H43N5OS. The summed E-state index contributed by atoms with van der Waals surface area (Å²) in [5, 5.41) is 3.78. The first-order chi connectivity index (χ1) is 19.2. The number of rotatable bonds is 10. The lowest BCUT2D eigenvalue weighted by molar-refractivity contribution is 0.0949.